The number of hydrogen-bond acceptors (Lipinski definition) is 6. The molecule has 0 spiro atoms. The maximum absolute atomic E-state index is 13.5. The van der Waals surface area contributed by atoms with Crippen molar-refractivity contribution in [2.24, 2.45) is 5.92 Å². The third-order valence-electron chi connectivity index (χ3n) is 7.33. The first-order chi connectivity index (χ1) is 17.5. The number of carbonyl (C=O) groups excluding carboxylic acids is 2. The number of nitrogens with two attached hydrogens (primary N) is 1. The van der Waals surface area contributed by atoms with Crippen molar-refractivity contribution in [1.82, 2.24) is 14.7 Å². The number of nitrogen functional groups attached to an aromatic ring is 1. The molecule has 0 bridgehead atoms. The van der Waals surface area contributed by atoms with Crippen LogP contribution in [0.15, 0.2) is 12.1 Å². The lowest BCUT2D eigenvalue weighted by Crippen LogP contribution is -2.53. The number of hydrogen-bond donors (Lipinski definition) is 1. The summed E-state index contributed by atoms with van der Waals surface area (Å²) < 4.78 is 45.8. The van der Waals surface area contributed by atoms with Crippen LogP contribution in [-0.4, -0.2) is 85.5 Å². The number of amides is 1. The third-order valence-corrected chi connectivity index (χ3v) is 7.64. The Bertz CT molecular complexity index is 930. The van der Waals surface area contributed by atoms with Gasteiger partial charge in [-0.2, -0.15) is 13.2 Å². The van der Waals surface area contributed by atoms with Crippen molar-refractivity contribution in [2.45, 2.75) is 57.7 Å². The summed E-state index contributed by atoms with van der Waals surface area (Å²) in [7, 11) is 2.11. The summed E-state index contributed by atoms with van der Waals surface area (Å²) in [4.78, 5) is 32.6. The third kappa shape index (κ3) is 8.22. The van der Waals surface area contributed by atoms with E-state index in [-0.39, 0.29) is 35.9 Å². The number of esters is 1. The fourth-order valence-corrected chi connectivity index (χ4v) is 5.29. The molecule has 2 fully saturated rings. The number of piperazine rings is 1. The van der Waals surface area contributed by atoms with Crippen molar-refractivity contribution in [3.8, 4) is 0 Å². The van der Waals surface area contributed by atoms with Crippen molar-refractivity contribution in [3.05, 3.63) is 28.3 Å². The number of likely N-dealkylation sites (tertiary alicyclic amines) is 1. The lowest BCUT2D eigenvalue weighted by Gasteiger charge is -2.42. The van der Waals surface area contributed by atoms with E-state index in [1.807, 2.05) is 6.92 Å². The molecule has 1 aromatic carbocycles. The Morgan fingerprint density at radius 3 is 2.38 bits per heavy atom. The van der Waals surface area contributed by atoms with E-state index in [4.69, 9.17) is 22.1 Å². The average Bonchev–Trinajstić information content (AvgIpc) is 2.85. The Balaban J connectivity index is 1.72. The standard InChI is InChI=1S/C26H38ClF3N4O3/c1-3-4-13-37-23(35)17-19(14-18-15-21(26(28,29)30)24(31)22(27)16-18)25(36)34-7-5-20(6-8-34)33-11-9-32(2)10-12-33/h15-16,19-20H,3-14,17,31H2,1-2H3. The lowest BCUT2D eigenvalue weighted by molar-refractivity contribution is -0.149. The van der Waals surface area contributed by atoms with Crippen LogP contribution in [0.2, 0.25) is 5.02 Å². The van der Waals surface area contributed by atoms with Crippen LogP contribution in [0.25, 0.3) is 0 Å². The molecule has 2 N–H and O–H groups in total. The highest BCUT2D eigenvalue weighted by atomic mass is 35.5. The zero-order valence-electron chi connectivity index (χ0n) is 21.7. The fraction of sp³-hybridized carbons (Fsp3) is 0.692. The van der Waals surface area contributed by atoms with Gasteiger partial charge < -0.3 is 20.3 Å². The van der Waals surface area contributed by atoms with Crippen LogP contribution in [0.1, 0.15) is 50.2 Å². The molecule has 208 valence electrons. The van der Waals surface area contributed by atoms with E-state index in [9.17, 15) is 22.8 Å². The molecule has 0 radical (unpaired) electrons. The monoisotopic (exact) mass is 546 g/mol. The summed E-state index contributed by atoms with van der Waals surface area (Å²) in [6, 6.07) is 2.67. The van der Waals surface area contributed by atoms with Gasteiger partial charge in [0, 0.05) is 45.3 Å². The summed E-state index contributed by atoms with van der Waals surface area (Å²) in [5.41, 5.74) is 4.18. The van der Waals surface area contributed by atoms with E-state index in [1.165, 1.54) is 6.07 Å². The van der Waals surface area contributed by atoms with Crippen LogP contribution in [0.4, 0.5) is 18.9 Å². The van der Waals surface area contributed by atoms with Crippen LogP contribution in [-0.2, 0) is 26.9 Å². The number of nitrogens with zero attached hydrogens (tertiary/aromatic N) is 3. The minimum atomic E-state index is -4.69. The second-order valence-corrected chi connectivity index (χ2v) is 10.5. The first-order valence-corrected chi connectivity index (χ1v) is 13.4. The first-order valence-electron chi connectivity index (χ1n) is 13.0. The van der Waals surface area contributed by atoms with Gasteiger partial charge in [0.05, 0.1) is 35.2 Å². The number of piperidine rings is 1. The lowest BCUT2D eigenvalue weighted by atomic mass is 9.92. The number of ether oxygens (including phenoxy) is 1. The summed E-state index contributed by atoms with van der Waals surface area (Å²) in [5, 5.41) is -0.227. The van der Waals surface area contributed by atoms with Crippen molar-refractivity contribution in [2.75, 3.05) is 58.7 Å². The number of benzene rings is 1. The van der Waals surface area contributed by atoms with Gasteiger partial charge >= 0.3 is 12.1 Å². The Kier molecular flexibility index (Phi) is 10.5. The second-order valence-electron chi connectivity index (χ2n) is 10.1. The summed E-state index contributed by atoms with van der Waals surface area (Å²) >= 11 is 6.01. The van der Waals surface area contributed by atoms with Gasteiger partial charge in [-0.15, -0.1) is 0 Å². The average molecular weight is 547 g/mol. The van der Waals surface area contributed by atoms with E-state index in [2.05, 4.69) is 16.8 Å². The molecule has 0 saturated carbocycles. The van der Waals surface area contributed by atoms with Crippen LogP contribution in [0.5, 0.6) is 0 Å². The zero-order valence-corrected chi connectivity index (χ0v) is 22.4. The molecule has 2 heterocycles. The van der Waals surface area contributed by atoms with Gasteiger partial charge in [0.2, 0.25) is 5.91 Å². The fourth-order valence-electron chi connectivity index (χ4n) is 5.04. The number of carbonyl (C=O) groups is 2. The maximum atomic E-state index is 13.5. The molecule has 1 amide bonds. The normalized spacial score (nSPS) is 19.1. The number of anilines is 1. The van der Waals surface area contributed by atoms with Crippen LogP contribution in [0.3, 0.4) is 0 Å². The Labute approximate surface area is 222 Å². The zero-order chi connectivity index (χ0) is 27.2. The summed E-state index contributed by atoms with van der Waals surface area (Å²) in [6.07, 6.45) is -1.75. The highest BCUT2D eigenvalue weighted by Crippen LogP contribution is 2.38. The Hall–Kier alpha value is -2.04. The molecule has 0 aromatic heterocycles. The second kappa shape index (κ2) is 13.2. The molecule has 2 aliphatic rings. The highest BCUT2D eigenvalue weighted by Gasteiger charge is 2.36. The minimum absolute atomic E-state index is 0.0663. The van der Waals surface area contributed by atoms with Crippen LogP contribution in [0, 0.1) is 5.92 Å². The molecule has 37 heavy (non-hydrogen) atoms. The molecule has 1 aromatic rings. The van der Waals surface area contributed by atoms with Crippen LogP contribution < -0.4 is 5.73 Å². The quantitative estimate of drug-likeness (QED) is 0.286. The molecule has 2 aliphatic heterocycles. The van der Waals surface area contributed by atoms with Gasteiger partial charge in [0.15, 0.2) is 0 Å². The SMILES string of the molecule is CCCCOC(=O)CC(Cc1cc(Cl)c(N)c(C(F)(F)F)c1)C(=O)N1CCC(N2CCN(C)CC2)CC1. The van der Waals surface area contributed by atoms with Crippen molar-refractivity contribution in [3.63, 3.8) is 0 Å². The van der Waals surface area contributed by atoms with Gasteiger partial charge in [-0.3, -0.25) is 14.5 Å². The molecular weight excluding hydrogens is 509 g/mol. The van der Waals surface area contributed by atoms with Gasteiger partial charge in [0.1, 0.15) is 0 Å². The van der Waals surface area contributed by atoms with E-state index >= 15 is 0 Å². The number of likely N-dealkylation sites (N-methyl/N-ethyl adjacent to an activating group) is 1. The number of rotatable bonds is 9. The van der Waals surface area contributed by atoms with Gasteiger partial charge in [-0.05, 0) is 50.4 Å². The van der Waals surface area contributed by atoms with Gasteiger partial charge in [-0.1, -0.05) is 24.9 Å². The van der Waals surface area contributed by atoms with Gasteiger partial charge in [-0.25, -0.2) is 0 Å². The number of halogens is 4. The van der Waals surface area contributed by atoms with Crippen molar-refractivity contribution < 1.29 is 27.5 Å². The summed E-state index contributed by atoms with van der Waals surface area (Å²) in [6.45, 7) is 7.35. The summed E-state index contributed by atoms with van der Waals surface area (Å²) in [5.74, 6) is -1.63. The van der Waals surface area contributed by atoms with Crippen LogP contribution >= 0.6 is 11.6 Å². The molecule has 1 unspecified atom stereocenters. The predicted molar refractivity (Wildman–Crippen MR) is 137 cm³/mol. The smallest absolute Gasteiger partial charge is 0.418 e. The molecule has 3 rings (SSSR count). The largest absolute Gasteiger partial charge is 0.466 e. The molecule has 0 aliphatic carbocycles. The highest BCUT2D eigenvalue weighted by molar-refractivity contribution is 6.33. The first kappa shape index (κ1) is 29.5. The van der Waals surface area contributed by atoms with E-state index in [1.54, 1.807) is 4.90 Å². The number of unbranched alkanes of at least 4 members (excludes halogenated alkanes) is 1. The van der Waals surface area contributed by atoms with E-state index in [0.717, 1.165) is 51.5 Å². The van der Waals surface area contributed by atoms with Gasteiger partial charge in [0.25, 0.3) is 0 Å². The van der Waals surface area contributed by atoms with E-state index < -0.39 is 29.3 Å². The molecule has 1 atom stereocenters. The number of alkyl halides is 3. The van der Waals surface area contributed by atoms with Crippen molar-refractivity contribution >= 4 is 29.2 Å². The Morgan fingerprint density at radius 2 is 1.78 bits per heavy atom. The predicted octanol–water partition coefficient (Wildman–Crippen LogP) is 4.07. The maximum Gasteiger partial charge on any atom is 0.418 e. The van der Waals surface area contributed by atoms with Crippen molar-refractivity contribution in [1.29, 1.82) is 0 Å². The molecule has 11 heteroatoms. The molecule has 7 nitrogen and oxygen atoms in total. The minimum Gasteiger partial charge on any atom is -0.466 e. The van der Waals surface area contributed by atoms with E-state index in [0.29, 0.717) is 25.6 Å². The molecular formula is C26H38ClF3N4O3. The molecule has 2 saturated heterocycles. The Morgan fingerprint density at radius 1 is 1.14 bits per heavy atom. The topological polar surface area (TPSA) is 79.1 Å².